The Bertz CT molecular complexity index is 575. The summed E-state index contributed by atoms with van der Waals surface area (Å²) in [6.07, 6.45) is 1.17. The van der Waals surface area contributed by atoms with Gasteiger partial charge in [-0.15, -0.1) is 0 Å². The molecule has 0 aliphatic rings. The van der Waals surface area contributed by atoms with Crippen molar-refractivity contribution in [2.45, 2.75) is 19.8 Å². The summed E-state index contributed by atoms with van der Waals surface area (Å²) < 4.78 is 10.3. The van der Waals surface area contributed by atoms with Gasteiger partial charge in [0.15, 0.2) is 0 Å². The average molecular weight is 258 g/mol. The quantitative estimate of drug-likeness (QED) is 0.771. The molecular formula is C16H18O3. The highest BCUT2D eigenvalue weighted by Crippen LogP contribution is 2.22. The van der Waals surface area contributed by atoms with Crippen LogP contribution in [-0.2, 0) is 16.0 Å². The number of benzene rings is 2. The van der Waals surface area contributed by atoms with Crippen LogP contribution < -0.4 is 4.74 Å². The lowest BCUT2D eigenvalue weighted by Gasteiger charge is -2.06. The van der Waals surface area contributed by atoms with Gasteiger partial charge < -0.3 is 9.47 Å². The fourth-order valence-electron chi connectivity index (χ4n) is 1.94. The van der Waals surface area contributed by atoms with Gasteiger partial charge >= 0.3 is 5.97 Å². The molecule has 0 bridgehead atoms. The molecule has 0 aliphatic heterocycles. The normalized spacial score (nSPS) is 10.4. The first-order chi connectivity index (χ1) is 9.22. The van der Waals surface area contributed by atoms with E-state index in [1.54, 1.807) is 14.0 Å². The van der Waals surface area contributed by atoms with Crippen LogP contribution in [-0.4, -0.2) is 19.7 Å². The highest BCUT2D eigenvalue weighted by molar-refractivity contribution is 5.84. The van der Waals surface area contributed by atoms with Crippen molar-refractivity contribution in [1.29, 1.82) is 0 Å². The highest BCUT2D eigenvalue weighted by Gasteiger charge is 2.01. The van der Waals surface area contributed by atoms with Crippen LogP contribution in [0.2, 0.25) is 0 Å². The van der Waals surface area contributed by atoms with Gasteiger partial charge in [-0.25, -0.2) is 0 Å². The van der Waals surface area contributed by atoms with E-state index >= 15 is 0 Å². The molecule has 2 aromatic rings. The second-order valence-electron chi connectivity index (χ2n) is 4.37. The third-order valence-corrected chi connectivity index (χ3v) is 3.05. The molecule has 0 unspecified atom stereocenters. The van der Waals surface area contributed by atoms with Crippen molar-refractivity contribution in [2.75, 3.05) is 13.7 Å². The number of carbonyl (C=O) groups excluding carboxylic acids is 1. The Balaban J connectivity index is 2.07. The largest absolute Gasteiger partial charge is 0.497 e. The molecule has 0 fully saturated rings. The van der Waals surface area contributed by atoms with Crippen LogP contribution in [0.4, 0.5) is 0 Å². The Morgan fingerprint density at radius 2 is 1.84 bits per heavy atom. The summed E-state index contributed by atoms with van der Waals surface area (Å²) in [7, 11) is 1.66. The van der Waals surface area contributed by atoms with E-state index in [0.717, 1.165) is 17.6 Å². The second kappa shape index (κ2) is 6.23. The molecular weight excluding hydrogens is 240 g/mol. The number of hydrogen-bond acceptors (Lipinski definition) is 3. The third kappa shape index (κ3) is 3.47. The fourth-order valence-corrected chi connectivity index (χ4v) is 1.94. The van der Waals surface area contributed by atoms with E-state index in [0.29, 0.717) is 13.0 Å². The molecule has 2 rings (SSSR count). The van der Waals surface area contributed by atoms with Crippen LogP contribution in [0.1, 0.15) is 18.9 Å². The molecule has 100 valence electrons. The Hall–Kier alpha value is -2.03. The second-order valence-corrected chi connectivity index (χ2v) is 4.37. The van der Waals surface area contributed by atoms with Crippen molar-refractivity contribution in [3.05, 3.63) is 42.0 Å². The minimum atomic E-state index is -0.148. The van der Waals surface area contributed by atoms with E-state index in [1.807, 2.05) is 18.2 Å². The zero-order chi connectivity index (χ0) is 13.7. The summed E-state index contributed by atoms with van der Waals surface area (Å²) in [5, 5.41) is 2.31. The van der Waals surface area contributed by atoms with Gasteiger partial charge in [0, 0.05) is 12.8 Å². The first kappa shape index (κ1) is 13.4. The molecule has 19 heavy (non-hydrogen) atoms. The lowest BCUT2D eigenvalue weighted by Crippen LogP contribution is -2.05. The Labute approximate surface area is 113 Å². The van der Waals surface area contributed by atoms with Crippen LogP contribution >= 0.6 is 0 Å². The van der Waals surface area contributed by atoms with Gasteiger partial charge in [-0.3, -0.25) is 4.79 Å². The maximum atomic E-state index is 11.0. The van der Waals surface area contributed by atoms with Crippen molar-refractivity contribution < 1.29 is 14.3 Å². The van der Waals surface area contributed by atoms with Gasteiger partial charge in [0.1, 0.15) is 5.75 Å². The number of esters is 1. The van der Waals surface area contributed by atoms with Crippen LogP contribution in [0, 0.1) is 0 Å². The van der Waals surface area contributed by atoms with Crippen LogP contribution in [0.5, 0.6) is 5.75 Å². The molecule has 2 aromatic carbocycles. The monoisotopic (exact) mass is 258 g/mol. The van der Waals surface area contributed by atoms with Crippen LogP contribution in [0.25, 0.3) is 10.8 Å². The van der Waals surface area contributed by atoms with E-state index in [-0.39, 0.29) is 5.97 Å². The summed E-state index contributed by atoms with van der Waals surface area (Å²) in [4.78, 5) is 11.0. The van der Waals surface area contributed by atoms with Crippen molar-refractivity contribution >= 4 is 16.7 Å². The highest BCUT2D eigenvalue weighted by atomic mass is 16.5. The summed E-state index contributed by atoms with van der Waals surface area (Å²) in [5.74, 6) is 0.711. The molecule has 0 N–H and O–H groups in total. The van der Waals surface area contributed by atoms with E-state index in [4.69, 9.17) is 9.47 Å². The van der Waals surface area contributed by atoms with Crippen LogP contribution in [0.15, 0.2) is 36.4 Å². The van der Waals surface area contributed by atoms with Crippen LogP contribution in [0.3, 0.4) is 0 Å². The SMILES string of the molecule is CCC(=O)OCCc1ccc2cc(OC)ccc2c1. The van der Waals surface area contributed by atoms with Gasteiger partial charge in [0.2, 0.25) is 0 Å². The molecule has 0 saturated carbocycles. The minimum Gasteiger partial charge on any atom is -0.497 e. The van der Waals surface area contributed by atoms with E-state index in [2.05, 4.69) is 18.2 Å². The molecule has 0 radical (unpaired) electrons. The summed E-state index contributed by atoms with van der Waals surface area (Å²) in [6.45, 7) is 2.24. The van der Waals surface area contributed by atoms with Gasteiger partial charge in [0.05, 0.1) is 13.7 Å². The molecule has 0 aliphatic carbocycles. The predicted molar refractivity (Wildman–Crippen MR) is 75.5 cm³/mol. The minimum absolute atomic E-state index is 0.148. The average Bonchev–Trinajstić information content (AvgIpc) is 2.46. The molecule has 0 heterocycles. The maximum Gasteiger partial charge on any atom is 0.305 e. The first-order valence-electron chi connectivity index (χ1n) is 6.45. The summed E-state index contributed by atoms with van der Waals surface area (Å²) in [5.41, 5.74) is 1.17. The number of ether oxygens (including phenoxy) is 2. The van der Waals surface area contributed by atoms with Gasteiger partial charge in [0.25, 0.3) is 0 Å². The summed E-state index contributed by atoms with van der Waals surface area (Å²) in [6, 6.07) is 12.2. The molecule has 0 spiro atoms. The van der Waals surface area contributed by atoms with E-state index < -0.39 is 0 Å². The molecule has 0 saturated heterocycles. The number of rotatable bonds is 5. The number of hydrogen-bond donors (Lipinski definition) is 0. The van der Waals surface area contributed by atoms with Crippen molar-refractivity contribution in [3.63, 3.8) is 0 Å². The Morgan fingerprint density at radius 3 is 2.58 bits per heavy atom. The lowest BCUT2D eigenvalue weighted by molar-refractivity contribution is -0.143. The van der Waals surface area contributed by atoms with E-state index in [1.165, 1.54) is 10.9 Å². The zero-order valence-electron chi connectivity index (χ0n) is 11.3. The number of methoxy groups -OCH3 is 1. The van der Waals surface area contributed by atoms with Crippen molar-refractivity contribution in [1.82, 2.24) is 0 Å². The molecule has 0 amide bonds. The molecule has 3 heteroatoms. The van der Waals surface area contributed by atoms with Crippen molar-refractivity contribution in [3.8, 4) is 5.75 Å². The fraction of sp³-hybridized carbons (Fsp3) is 0.312. The van der Waals surface area contributed by atoms with E-state index in [9.17, 15) is 4.79 Å². The summed E-state index contributed by atoms with van der Waals surface area (Å²) >= 11 is 0. The zero-order valence-corrected chi connectivity index (χ0v) is 11.3. The predicted octanol–water partition coefficient (Wildman–Crippen LogP) is 3.34. The smallest absolute Gasteiger partial charge is 0.305 e. The van der Waals surface area contributed by atoms with Gasteiger partial charge in [-0.05, 0) is 28.5 Å². The van der Waals surface area contributed by atoms with Gasteiger partial charge in [-0.1, -0.05) is 31.2 Å². The lowest BCUT2D eigenvalue weighted by atomic mass is 10.1. The molecule has 0 aromatic heterocycles. The maximum absolute atomic E-state index is 11.0. The number of fused-ring (bicyclic) bond motifs is 1. The first-order valence-corrected chi connectivity index (χ1v) is 6.45. The molecule has 3 nitrogen and oxygen atoms in total. The van der Waals surface area contributed by atoms with Crippen molar-refractivity contribution in [2.24, 2.45) is 0 Å². The Morgan fingerprint density at radius 1 is 1.11 bits per heavy atom. The third-order valence-electron chi connectivity index (χ3n) is 3.05. The van der Waals surface area contributed by atoms with Gasteiger partial charge in [-0.2, -0.15) is 0 Å². The topological polar surface area (TPSA) is 35.5 Å². The standard InChI is InChI=1S/C16H18O3/c1-3-16(17)19-9-8-12-4-5-14-11-15(18-2)7-6-13(14)10-12/h4-7,10-11H,3,8-9H2,1-2H3. The Kier molecular flexibility index (Phi) is 4.39. The molecule has 0 atom stereocenters. The number of carbonyl (C=O) groups is 1.